The minimum atomic E-state index is -0.370. The predicted molar refractivity (Wildman–Crippen MR) is 76.8 cm³/mol. The second kappa shape index (κ2) is 6.05. The SMILES string of the molecule is COC(=O)c1ccc(Cn2cnc(CNC3CC3)c2)nc1. The second-order valence-electron chi connectivity index (χ2n) is 5.22. The molecule has 0 atom stereocenters. The highest BCUT2D eigenvalue weighted by atomic mass is 16.5. The van der Waals surface area contributed by atoms with Crippen LogP contribution in [0.2, 0.25) is 0 Å². The fraction of sp³-hybridized carbons (Fsp3) is 0.400. The van der Waals surface area contributed by atoms with Crippen LogP contribution in [0.5, 0.6) is 0 Å². The minimum absolute atomic E-state index is 0.370. The van der Waals surface area contributed by atoms with Crippen LogP contribution in [-0.4, -0.2) is 33.7 Å². The van der Waals surface area contributed by atoms with Gasteiger partial charge in [-0.3, -0.25) is 4.98 Å². The van der Waals surface area contributed by atoms with Crippen LogP contribution in [0.15, 0.2) is 30.9 Å². The maximum Gasteiger partial charge on any atom is 0.339 e. The Morgan fingerprint density at radius 2 is 2.24 bits per heavy atom. The number of hydrogen-bond acceptors (Lipinski definition) is 5. The molecule has 0 unspecified atom stereocenters. The van der Waals surface area contributed by atoms with Gasteiger partial charge in [0, 0.05) is 25.0 Å². The largest absolute Gasteiger partial charge is 0.465 e. The van der Waals surface area contributed by atoms with Crippen LogP contribution in [0.3, 0.4) is 0 Å². The summed E-state index contributed by atoms with van der Waals surface area (Å²) in [7, 11) is 1.36. The average molecular weight is 286 g/mol. The Kier molecular flexibility index (Phi) is 3.96. The zero-order valence-corrected chi connectivity index (χ0v) is 12.0. The zero-order chi connectivity index (χ0) is 14.7. The number of nitrogens with zero attached hydrogens (tertiary/aromatic N) is 3. The average Bonchev–Trinajstić information content (AvgIpc) is 3.25. The van der Waals surface area contributed by atoms with Crippen molar-refractivity contribution >= 4 is 5.97 Å². The van der Waals surface area contributed by atoms with Gasteiger partial charge >= 0.3 is 5.97 Å². The molecular weight excluding hydrogens is 268 g/mol. The van der Waals surface area contributed by atoms with Gasteiger partial charge < -0.3 is 14.6 Å². The van der Waals surface area contributed by atoms with Crippen molar-refractivity contribution in [3.63, 3.8) is 0 Å². The van der Waals surface area contributed by atoms with E-state index in [4.69, 9.17) is 0 Å². The lowest BCUT2D eigenvalue weighted by Crippen LogP contribution is -2.15. The normalized spacial score (nSPS) is 14.1. The molecule has 2 aromatic rings. The van der Waals surface area contributed by atoms with Gasteiger partial charge in [0.15, 0.2) is 0 Å². The zero-order valence-electron chi connectivity index (χ0n) is 12.0. The topological polar surface area (TPSA) is 69.0 Å². The van der Waals surface area contributed by atoms with Gasteiger partial charge in [-0.1, -0.05) is 0 Å². The molecule has 6 nitrogen and oxygen atoms in total. The number of hydrogen-bond donors (Lipinski definition) is 1. The number of carbonyl (C=O) groups is 1. The number of nitrogens with one attached hydrogen (secondary N) is 1. The van der Waals surface area contributed by atoms with Crippen LogP contribution in [0.1, 0.15) is 34.6 Å². The highest BCUT2D eigenvalue weighted by molar-refractivity contribution is 5.88. The molecule has 1 aliphatic rings. The Labute approximate surface area is 123 Å². The third-order valence-electron chi connectivity index (χ3n) is 3.43. The third-order valence-corrected chi connectivity index (χ3v) is 3.43. The first-order chi connectivity index (χ1) is 10.2. The van der Waals surface area contributed by atoms with Gasteiger partial charge in [-0.15, -0.1) is 0 Å². The smallest absolute Gasteiger partial charge is 0.339 e. The first-order valence-corrected chi connectivity index (χ1v) is 7.02. The lowest BCUT2D eigenvalue weighted by Gasteiger charge is -2.03. The summed E-state index contributed by atoms with van der Waals surface area (Å²) in [4.78, 5) is 20.0. The molecule has 2 heterocycles. The number of methoxy groups -OCH3 is 1. The number of esters is 1. The Morgan fingerprint density at radius 3 is 2.90 bits per heavy atom. The Morgan fingerprint density at radius 1 is 1.38 bits per heavy atom. The van der Waals surface area contributed by atoms with E-state index in [1.807, 2.05) is 16.8 Å². The first-order valence-electron chi connectivity index (χ1n) is 7.02. The second-order valence-corrected chi connectivity index (χ2v) is 5.22. The summed E-state index contributed by atoms with van der Waals surface area (Å²) in [5, 5.41) is 3.43. The van der Waals surface area contributed by atoms with Gasteiger partial charge in [-0.25, -0.2) is 9.78 Å². The van der Waals surface area contributed by atoms with Gasteiger partial charge in [-0.2, -0.15) is 0 Å². The molecule has 0 amide bonds. The van der Waals surface area contributed by atoms with E-state index in [9.17, 15) is 4.79 Å². The summed E-state index contributed by atoms with van der Waals surface area (Å²) in [6.45, 7) is 1.45. The maximum atomic E-state index is 11.3. The highest BCUT2D eigenvalue weighted by Crippen LogP contribution is 2.19. The summed E-state index contributed by atoms with van der Waals surface area (Å²) in [5.41, 5.74) is 2.37. The van der Waals surface area contributed by atoms with Gasteiger partial charge in [0.1, 0.15) is 0 Å². The van der Waals surface area contributed by atoms with Crippen molar-refractivity contribution in [3.8, 4) is 0 Å². The number of aromatic nitrogens is 3. The van der Waals surface area contributed by atoms with Crippen molar-refractivity contribution in [2.24, 2.45) is 0 Å². The van der Waals surface area contributed by atoms with E-state index in [1.165, 1.54) is 26.1 Å². The quantitative estimate of drug-likeness (QED) is 0.812. The van der Waals surface area contributed by atoms with Crippen molar-refractivity contribution < 1.29 is 9.53 Å². The Balaban J connectivity index is 1.59. The van der Waals surface area contributed by atoms with Crippen LogP contribution in [0.4, 0.5) is 0 Å². The molecule has 2 aromatic heterocycles. The van der Waals surface area contributed by atoms with E-state index in [0.29, 0.717) is 18.2 Å². The van der Waals surface area contributed by atoms with Crippen LogP contribution in [0, 0.1) is 0 Å². The molecule has 1 N–H and O–H groups in total. The van der Waals surface area contributed by atoms with Crippen LogP contribution in [-0.2, 0) is 17.8 Å². The van der Waals surface area contributed by atoms with E-state index in [-0.39, 0.29) is 5.97 Å². The number of rotatable bonds is 6. The van der Waals surface area contributed by atoms with E-state index >= 15 is 0 Å². The number of pyridine rings is 1. The van der Waals surface area contributed by atoms with E-state index < -0.39 is 0 Å². The highest BCUT2D eigenvalue weighted by Gasteiger charge is 2.20. The summed E-state index contributed by atoms with van der Waals surface area (Å²) in [6.07, 6.45) is 7.91. The molecule has 0 radical (unpaired) electrons. The fourth-order valence-electron chi connectivity index (χ4n) is 2.06. The third kappa shape index (κ3) is 3.66. The molecule has 1 aliphatic carbocycles. The Bertz CT molecular complexity index is 617. The number of imidazole rings is 1. The van der Waals surface area contributed by atoms with Crippen molar-refractivity contribution in [2.75, 3.05) is 7.11 Å². The van der Waals surface area contributed by atoms with Crippen LogP contribution in [0.25, 0.3) is 0 Å². The van der Waals surface area contributed by atoms with Gasteiger partial charge in [-0.05, 0) is 25.0 Å². The van der Waals surface area contributed by atoms with E-state index in [0.717, 1.165) is 17.9 Å². The Hall–Kier alpha value is -2.21. The van der Waals surface area contributed by atoms with E-state index in [1.54, 1.807) is 12.4 Å². The molecular formula is C15H18N4O2. The van der Waals surface area contributed by atoms with Crippen LogP contribution < -0.4 is 5.32 Å². The van der Waals surface area contributed by atoms with Crippen molar-refractivity contribution in [1.29, 1.82) is 0 Å². The monoisotopic (exact) mass is 286 g/mol. The van der Waals surface area contributed by atoms with Gasteiger partial charge in [0.2, 0.25) is 0 Å². The first kappa shape index (κ1) is 13.8. The molecule has 0 aliphatic heterocycles. The fourth-order valence-corrected chi connectivity index (χ4v) is 2.06. The molecule has 3 rings (SSSR count). The van der Waals surface area contributed by atoms with Gasteiger partial charge in [0.05, 0.1) is 36.9 Å². The molecule has 1 fully saturated rings. The maximum absolute atomic E-state index is 11.3. The summed E-state index contributed by atoms with van der Waals surface area (Å²) in [5.74, 6) is -0.370. The van der Waals surface area contributed by atoms with Gasteiger partial charge in [0.25, 0.3) is 0 Å². The standard InChI is InChI=1S/C15H18N4O2/c1-21-15(20)11-2-3-13(16-6-11)8-19-9-14(18-10-19)7-17-12-4-5-12/h2-3,6,9-10,12,17H,4-5,7-8H2,1H3. The molecule has 0 spiro atoms. The molecule has 0 aromatic carbocycles. The molecule has 1 saturated carbocycles. The lowest BCUT2D eigenvalue weighted by atomic mass is 10.2. The molecule has 0 saturated heterocycles. The summed E-state index contributed by atoms with van der Waals surface area (Å²) >= 11 is 0. The summed E-state index contributed by atoms with van der Waals surface area (Å²) < 4.78 is 6.64. The molecule has 6 heteroatoms. The van der Waals surface area contributed by atoms with Crippen molar-refractivity contribution in [3.05, 3.63) is 47.8 Å². The van der Waals surface area contributed by atoms with E-state index in [2.05, 4.69) is 20.0 Å². The molecule has 0 bridgehead atoms. The lowest BCUT2D eigenvalue weighted by molar-refractivity contribution is 0.0600. The number of ether oxygens (including phenoxy) is 1. The minimum Gasteiger partial charge on any atom is -0.465 e. The molecule has 21 heavy (non-hydrogen) atoms. The number of carbonyl (C=O) groups excluding carboxylic acids is 1. The van der Waals surface area contributed by atoms with Crippen molar-refractivity contribution in [2.45, 2.75) is 32.0 Å². The predicted octanol–water partition coefficient (Wildman–Crippen LogP) is 1.36. The molecule has 110 valence electrons. The van der Waals surface area contributed by atoms with Crippen molar-refractivity contribution in [1.82, 2.24) is 19.9 Å². The van der Waals surface area contributed by atoms with Crippen LogP contribution >= 0.6 is 0 Å². The summed E-state index contributed by atoms with van der Waals surface area (Å²) in [6, 6.07) is 4.23.